The molecule has 0 bridgehead atoms. The molecule has 32 heavy (non-hydrogen) atoms. The zero-order valence-corrected chi connectivity index (χ0v) is 18.3. The minimum absolute atomic E-state index is 0.188. The van der Waals surface area contributed by atoms with Gasteiger partial charge < -0.3 is 15.5 Å². The van der Waals surface area contributed by atoms with Gasteiger partial charge in [0.25, 0.3) is 5.91 Å². The van der Waals surface area contributed by atoms with Crippen LogP contribution in [0.1, 0.15) is 34.1 Å². The van der Waals surface area contributed by atoms with E-state index in [1.807, 2.05) is 69.4 Å². The molecule has 1 aliphatic heterocycles. The summed E-state index contributed by atoms with van der Waals surface area (Å²) in [6, 6.07) is 16.0. The summed E-state index contributed by atoms with van der Waals surface area (Å²) in [5, 5.41) is 9.55. The van der Waals surface area contributed by atoms with Gasteiger partial charge in [-0.25, -0.2) is 0 Å². The standard InChI is InChI=1S/C24H25N5O3/c1-15-19(16(2)28(3)27-15)13-25-22(30)23(31)26-21-18-11-7-8-12-20(18)29(24(21)32)14-17-9-5-4-6-10-17/h4-12,21H,13-14H2,1-3H3,(H,25,30)(H,26,31)/t21-/m0/s1. The molecule has 8 heteroatoms. The van der Waals surface area contributed by atoms with Crippen LogP contribution in [0.15, 0.2) is 54.6 Å². The molecular formula is C24H25N5O3. The fourth-order valence-corrected chi connectivity index (χ4v) is 3.97. The van der Waals surface area contributed by atoms with Crippen molar-refractivity contribution in [3.05, 3.63) is 82.7 Å². The van der Waals surface area contributed by atoms with Crippen LogP contribution in [0.3, 0.4) is 0 Å². The van der Waals surface area contributed by atoms with E-state index in [2.05, 4.69) is 15.7 Å². The lowest BCUT2D eigenvalue weighted by Crippen LogP contribution is -2.44. The highest BCUT2D eigenvalue weighted by Crippen LogP contribution is 2.36. The maximum absolute atomic E-state index is 13.2. The normalized spacial score (nSPS) is 14.9. The van der Waals surface area contributed by atoms with Crippen molar-refractivity contribution in [2.45, 2.75) is 33.0 Å². The average molecular weight is 431 g/mol. The van der Waals surface area contributed by atoms with E-state index in [0.29, 0.717) is 12.1 Å². The first kappa shape index (κ1) is 21.3. The number of fused-ring (bicyclic) bond motifs is 1. The quantitative estimate of drug-likeness (QED) is 0.605. The van der Waals surface area contributed by atoms with E-state index < -0.39 is 17.9 Å². The van der Waals surface area contributed by atoms with Crippen LogP contribution < -0.4 is 15.5 Å². The molecule has 0 unspecified atom stereocenters. The number of rotatable bonds is 5. The number of carbonyl (C=O) groups excluding carboxylic acids is 3. The van der Waals surface area contributed by atoms with Gasteiger partial charge >= 0.3 is 11.8 Å². The number of amides is 3. The Labute approximate surface area is 186 Å². The van der Waals surface area contributed by atoms with Gasteiger partial charge in [-0.05, 0) is 25.5 Å². The molecule has 4 rings (SSSR count). The number of para-hydroxylation sites is 1. The van der Waals surface area contributed by atoms with Gasteiger partial charge in [-0.15, -0.1) is 0 Å². The van der Waals surface area contributed by atoms with Crippen LogP contribution >= 0.6 is 0 Å². The molecule has 0 spiro atoms. The van der Waals surface area contributed by atoms with Crippen LogP contribution in [-0.2, 0) is 34.5 Å². The van der Waals surface area contributed by atoms with Gasteiger partial charge in [0.2, 0.25) is 0 Å². The minimum atomic E-state index is -0.907. The summed E-state index contributed by atoms with van der Waals surface area (Å²) in [6.07, 6.45) is 0. The lowest BCUT2D eigenvalue weighted by Gasteiger charge is -2.18. The van der Waals surface area contributed by atoms with Gasteiger partial charge in [0.1, 0.15) is 6.04 Å². The van der Waals surface area contributed by atoms with Gasteiger partial charge in [-0.3, -0.25) is 19.1 Å². The summed E-state index contributed by atoms with van der Waals surface area (Å²) in [5.74, 6) is -1.91. The molecule has 2 aromatic carbocycles. The Morgan fingerprint density at radius 1 is 1.00 bits per heavy atom. The fourth-order valence-electron chi connectivity index (χ4n) is 3.97. The molecule has 2 heterocycles. The highest BCUT2D eigenvalue weighted by Gasteiger charge is 2.38. The lowest BCUT2D eigenvalue weighted by atomic mass is 10.1. The Hall–Kier alpha value is -3.94. The first-order chi connectivity index (χ1) is 15.4. The summed E-state index contributed by atoms with van der Waals surface area (Å²) in [4.78, 5) is 39.8. The van der Waals surface area contributed by atoms with E-state index in [1.165, 1.54) is 0 Å². The topological polar surface area (TPSA) is 96.3 Å². The van der Waals surface area contributed by atoms with Crippen molar-refractivity contribution in [3.63, 3.8) is 0 Å². The Morgan fingerprint density at radius 2 is 1.69 bits per heavy atom. The van der Waals surface area contributed by atoms with Gasteiger partial charge in [-0.2, -0.15) is 5.10 Å². The number of hydrogen-bond acceptors (Lipinski definition) is 4. The lowest BCUT2D eigenvalue weighted by molar-refractivity contribution is -0.140. The average Bonchev–Trinajstić information content (AvgIpc) is 3.19. The smallest absolute Gasteiger partial charge is 0.310 e. The largest absolute Gasteiger partial charge is 0.344 e. The summed E-state index contributed by atoms with van der Waals surface area (Å²) >= 11 is 0. The number of nitrogens with one attached hydrogen (secondary N) is 2. The molecule has 0 saturated heterocycles. The fraction of sp³-hybridized carbons (Fsp3) is 0.250. The van der Waals surface area contributed by atoms with E-state index in [1.54, 1.807) is 15.6 Å². The van der Waals surface area contributed by atoms with Crippen LogP contribution in [0.4, 0.5) is 5.69 Å². The number of aryl methyl sites for hydroxylation is 2. The van der Waals surface area contributed by atoms with Crippen molar-refractivity contribution in [2.24, 2.45) is 7.05 Å². The highest BCUT2D eigenvalue weighted by molar-refractivity contribution is 6.35. The number of aromatic nitrogens is 2. The van der Waals surface area contributed by atoms with E-state index in [4.69, 9.17) is 0 Å². The minimum Gasteiger partial charge on any atom is -0.344 e. The zero-order chi connectivity index (χ0) is 22.8. The molecule has 0 saturated carbocycles. The Morgan fingerprint density at radius 3 is 2.38 bits per heavy atom. The number of benzene rings is 2. The molecule has 0 radical (unpaired) electrons. The van der Waals surface area contributed by atoms with Crippen LogP contribution in [-0.4, -0.2) is 27.5 Å². The number of carbonyl (C=O) groups is 3. The molecule has 1 aromatic heterocycles. The molecule has 164 valence electrons. The first-order valence-corrected chi connectivity index (χ1v) is 10.4. The molecule has 2 N–H and O–H groups in total. The van der Waals surface area contributed by atoms with Crippen molar-refractivity contribution in [1.29, 1.82) is 0 Å². The van der Waals surface area contributed by atoms with E-state index in [0.717, 1.165) is 28.2 Å². The van der Waals surface area contributed by atoms with Gasteiger partial charge in [0, 0.05) is 36.1 Å². The monoisotopic (exact) mass is 431 g/mol. The van der Waals surface area contributed by atoms with Crippen LogP contribution in [0, 0.1) is 13.8 Å². The summed E-state index contributed by atoms with van der Waals surface area (Å²) in [6.45, 7) is 4.32. The second-order valence-corrected chi connectivity index (χ2v) is 7.83. The third-order valence-electron chi connectivity index (χ3n) is 5.80. The van der Waals surface area contributed by atoms with Crippen molar-refractivity contribution >= 4 is 23.4 Å². The van der Waals surface area contributed by atoms with Gasteiger partial charge in [0.05, 0.1) is 12.2 Å². The van der Waals surface area contributed by atoms with Crippen molar-refractivity contribution in [3.8, 4) is 0 Å². The molecule has 3 amide bonds. The predicted octanol–water partition coefficient (Wildman–Crippen LogP) is 2.06. The van der Waals surface area contributed by atoms with Crippen molar-refractivity contribution in [2.75, 3.05) is 4.90 Å². The molecule has 1 atom stereocenters. The number of hydrogen-bond donors (Lipinski definition) is 2. The first-order valence-electron chi connectivity index (χ1n) is 10.4. The van der Waals surface area contributed by atoms with Crippen molar-refractivity contribution in [1.82, 2.24) is 20.4 Å². The van der Waals surface area contributed by atoms with Crippen molar-refractivity contribution < 1.29 is 14.4 Å². The SMILES string of the molecule is Cc1nn(C)c(C)c1CNC(=O)C(=O)N[C@@H]1C(=O)N(Cc2ccccc2)c2ccccc21. The second-order valence-electron chi connectivity index (χ2n) is 7.83. The molecule has 0 fully saturated rings. The van der Waals surface area contributed by atoms with Crippen LogP contribution in [0.2, 0.25) is 0 Å². The van der Waals surface area contributed by atoms with Crippen LogP contribution in [0.5, 0.6) is 0 Å². The Kier molecular flexibility index (Phi) is 5.77. The highest BCUT2D eigenvalue weighted by atomic mass is 16.2. The van der Waals surface area contributed by atoms with E-state index in [9.17, 15) is 14.4 Å². The molecule has 8 nitrogen and oxygen atoms in total. The third-order valence-corrected chi connectivity index (χ3v) is 5.80. The summed E-state index contributed by atoms with van der Waals surface area (Å²) < 4.78 is 1.73. The Balaban J connectivity index is 1.46. The van der Waals surface area contributed by atoms with E-state index >= 15 is 0 Å². The zero-order valence-electron chi connectivity index (χ0n) is 18.3. The predicted molar refractivity (Wildman–Crippen MR) is 119 cm³/mol. The summed E-state index contributed by atoms with van der Waals surface area (Å²) in [7, 11) is 1.82. The summed E-state index contributed by atoms with van der Waals surface area (Å²) in [5.41, 5.74) is 4.96. The number of anilines is 1. The van der Waals surface area contributed by atoms with Crippen LogP contribution in [0.25, 0.3) is 0 Å². The van der Waals surface area contributed by atoms with E-state index in [-0.39, 0.29) is 12.5 Å². The maximum atomic E-state index is 13.2. The molecule has 0 aliphatic carbocycles. The maximum Gasteiger partial charge on any atom is 0.310 e. The third kappa shape index (κ3) is 3.99. The molecular weight excluding hydrogens is 406 g/mol. The second kappa shape index (κ2) is 8.66. The van der Waals surface area contributed by atoms with Gasteiger partial charge in [0.15, 0.2) is 0 Å². The Bertz CT molecular complexity index is 1190. The molecule has 1 aliphatic rings. The molecule has 3 aromatic rings. The number of nitrogens with zero attached hydrogens (tertiary/aromatic N) is 3. The van der Waals surface area contributed by atoms with Gasteiger partial charge in [-0.1, -0.05) is 48.5 Å².